The average Bonchev–Trinajstić information content (AvgIpc) is 2.36. The molecule has 0 fully saturated rings. The van der Waals surface area contributed by atoms with Gasteiger partial charge in [0, 0.05) is 0 Å². The van der Waals surface area contributed by atoms with Gasteiger partial charge in [-0.25, -0.2) is 4.79 Å². The number of hydrogen-bond donors (Lipinski definition) is 2. The minimum atomic E-state index is -0.404. The van der Waals surface area contributed by atoms with Gasteiger partial charge in [-0.1, -0.05) is 0 Å². The molecule has 7 nitrogen and oxygen atoms in total. The van der Waals surface area contributed by atoms with Crippen molar-refractivity contribution in [3.05, 3.63) is 29.8 Å². The van der Waals surface area contributed by atoms with Crippen LogP contribution in [0.3, 0.4) is 0 Å². The van der Waals surface area contributed by atoms with Gasteiger partial charge in [-0.05, 0) is 43.7 Å². The van der Waals surface area contributed by atoms with E-state index >= 15 is 0 Å². The third kappa shape index (κ3) is 6.39. The van der Waals surface area contributed by atoms with E-state index in [-0.39, 0.29) is 18.7 Å². The van der Waals surface area contributed by atoms with E-state index in [0.29, 0.717) is 5.75 Å². The van der Waals surface area contributed by atoms with Crippen molar-refractivity contribution >= 4 is 18.1 Å². The second-order valence-corrected chi connectivity index (χ2v) is 4.17. The molecule has 0 amide bonds. The lowest BCUT2D eigenvalue weighted by atomic mass is 10.2. The summed E-state index contributed by atoms with van der Waals surface area (Å²) in [5, 5.41) is 7.15. The Hall–Kier alpha value is -2.57. The van der Waals surface area contributed by atoms with Crippen LogP contribution >= 0.6 is 0 Å². The van der Waals surface area contributed by atoms with Crippen molar-refractivity contribution in [1.82, 2.24) is 0 Å². The van der Waals surface area contributed by atoms with Crippen LogP contribution in [-0.2, 0) is 9.53 Å². The van der Waals surface area contributed by atoms with Crippen LogP contribution in [0.25, 0.3) is 0 Å². The van der Waals surface area contributed by atoms with Gasteiger partial charge < -0.3 is 20.9 Å². The molecule has 7 heteroatoms. The summed E-state index contributed by atoms with van der Waals surface area (Å²) >= 11 is 0. The van der Waals surface area contributed by atoms with Gasteiger partial charge in [-0.3, -0.25) is 0 Å². The first-order chi connectivity index (χ1) is 9.47. The molecule has 1 aromatic carbocycles. The molecule has 0 aliphatic rings. The van der Waals surface area contributed by atoms with E-state index in [0.717, 1.165) is 5.56 Å². The topological polar surface area (TPSA) is 112 Å². The molecule has 108 valence electrons. The van der Waals surface area contributed by atoms with E-state index in [1.165, 1.54) is 6.21 Å². The van der Waals surface area contributed by atoms with Gasteiger partial charge in [0.25, 0.3) is 0 Å². The normalized spacial score (nSPS) is 10.6. The smallest absolute Gasteiger partial charge is 0.344 e. The average molecular weight is 278 g/mol. The number of benzene rings is 1. The number of guanidine groups is 1. The fourth-order valence-corrected chi connectivity index (χ4v) is 1.25. The highest BCUT2D eigenvalue weighted by Gasteiger charge is 2.06. The highest BCUT2D eigenvalue weighted by molar-refractivity contribution is 5.81. The van der Waals surface area contributed by atoms with Gasteiger partial charge in [-0.2, -0.15) is 5.10 Å². The summed E-state index contributed by atoms with van der Waals surface area (Å²) in [5.41, 5.74) is 11.1. The highest BCUT2D eigenvalue weighted by Crippen LogP contribution is 2.11. The Labute approximate surface area is 117 Å². The van der Waals surface area contributed by atoms with Crippen LogP contribution in [-0.4, -0.2) is 30.9 Å². The molecule has 0 aliphatic carbocycles. The SMILES string of the molecule is CC(C)OC(=O)COc1ccc(C=NN=C(N)N)cc1. The van der Waals surface area contributed by atoms with E-state index in [4.69, 9.17) is 20.9 Å². The Bertz CT molecular complexity index is 491. The predicted octanol–water partition coefficient (Wildman–Crippen LogP) is 0.624. The molecule has 0 heterocycles. The summed E-state index contributed by atoms with van der Waals surface area (Å²) < 4.78 is 10.2. The minimum Gasteiger partial charge on any atom is -0.482 e. The van der Waals surface area contributed by atoms with Crippen LogP contribution in [0.1, 0.15) is 19.4 Å². The van der Waals surface area contributed by atoms with Crippen molar-refractivity contribution in [2.75, 3.05) is 6.61 Å². The molecule has 0 aliphatic heterocycles. The number of ether oxygens (including phenoxy) is 2. The number of rotatable bonds is 6. The first-order valence-corrected chi connectivity index (χ1v) is 6.01. The van der Waals surface area contributed by atoms with Crippen molar-refractivity contribution in [2.45, 2.75) is 20.0 Å². The summed E-state index contributed by atoms with van der Waals surface area (Å²) in [6.07, 6.45) is 1.34. The first-order valence-electron chi connectivity index (χ1n) is 6.01. The maximum atomic E-state index is 11.3. The fraction of sp³-hybridized carbons (Fsp3) is 0.308. The van der Waals surface area contributed by atoms with E-state index in [9.17, 15) is 4.79 Å². The van der Waals surface area contributed by atoms with Crippen LogP contribution in [0.5, 0.6) is 5.75 Å². The molecular weight excluding hydrogens is 260 g/mol. The Morgan fingerprint density at radius 2 is 1.95 bits per heavy atom. The van der Waals surface area contributed by atoms with Crippen molar-refractivity contribution < 1.29 is 14.3 Å². The third-order valence-corrected chi connectivity index (χ3v) is 1.98. The van der Waals surface area contributed by atoms with E-state index in [1.807, 2.05) is 0 Å². The van der Waals surface area contributed by atoms with Crippen molar-refractivity contribution in [1.29, 1.82) is 0 Å². The Kier molecular flexibility index (Phi) is 6.02. The molecule has 4 N–H and O–H groups in total. The van der Waals surface area contributed by atoms with Crippen molar-refractivity contribution in [3.8, 4) is 5.75 Å². The van der Waals surface area contributed by atoms with Gasteiger partial charge in [0.15, 0.2) is 6.61 Å². The summed E-state index contributed by atoms with van der Waals surface area (Å²) in [6.45, 7) is 3.44. The molecule has 0 radical (unpaired) electrons. The van der Waals surface area contributed by atoms with E-state index < -0.39 is 5.97 Å². The Morgan fingerprint density at radius 1 is 1.30 bits per heavy atom. The number of hydrogen-bond acceptors (Lipinski definition) is 5. The molecular formula is C13H18N4O3. The lowest BCUT2D eigenvalue weighted by molar-refractivity contribution is -0.149. The zero-order valence-electron chi connectivity index (χ0n) is 11.4. The predicted molar refractivity (Wildman–Crippen MR) is 76.6 cm³/mol. The summed E-state index contributed by atoms with van der Waals surface area (Å²) in [6, 6.07) is 6.93. The summed E-state index contributed by atoms with van der Waals surface area (Å²) in [4.78, 5) is 11.3. The molecule has 0 aromatic heterocycles. The second-order valence-electron chi connectivity index (χ2n) is 4.17. The Balaban J connectivity index is 2.48. The monoisotopic (exact) mass is 278 g/mol. The number of carbonyl (C=O) groups is 1. The molecule has 0 atom stereocenters. The lowest BCUT2D eigenvalue weighted by Crippen LogP contribution is -2.21. The van der Waals surface area contributed by atoms with Crippen LogP contribution in [0.2, 0.25) is 0 Å². The van der Waals surface area contributed by atoms with Gasteiger partial charge >= 0.3 is 5.97 Å². The van der Waals surface area contributed by atoms with Gasteiger partial charge in [0.05, 0.1) is 12.3 Å². The molecule has 1 rings (SSSR count). The molecule has 0 saturated carbocycles. The first kappa shape index (κ1) is 15.5. The third-order valence-electron chi connectivity index (χ3n) is 1.98. The Morgan fingerprint density at radius 3 is 2.50 bits per heavy atom. The quantitative estimate of drug-likeness (QED) is 0.343. The largest absolute Gasteiger partial charge is 0.482 e. The maximum absolute atomic E-state index is 11.3. The number of carbonyl (C=O) groups excluding carboxylic acids is 1. The fourth-order valence-electron chi connectivity index (χ4n) is 1.25. The number of nitrogens with two attached hydrogens (primary N) is 2. The second kappa shape index (κ2) is 7.78. The minimum absolute atomic E-state index is 0.107. The van der Waals surface area contributed by atoms with Crippen molar-refractivity contribution in [2.24, 2.45) is 21.7 Å². The van der Waals surface area contributed by atoms with Crippen LogP contribution in [0, 0.1) is 0 Å². The van der Waals surface area contributed by atoms with E-state index in [2.05, 4.69) is 10.2 Å². The highest BCUT2D eigenvalue weighted by atomic mass is 16.6. The number of nitrogens with zero attached hydrogens (tertiary/aromatic N) is 2. The zero-order valence-corrected chi connectivity index (χ0v) is 11.4. The summed E-state index contributed by atoms with van der Waals surface area (Å²) in [7, 11) is 0. The van der Waals surface area contributed by atoms with Gasteiger partial charge in [0.2, 0.25) is 5.96 Å². The zero-order chi connectivity index (χ0) is 15.0. The van der Waals surface area contributed by atoms with Crippen molar-refractivity contribution in [3.63, 3.8) is 0 Å². The molecule has 0 spiro atoms. The molecule has 0 saturated heterocycles. The summed E-state index contributed by atoms with van der Waals surface area (Å²) in [5.74, 6) is 0.0490. The van der Waals surface area contributed by atoms with Crippen LogP contribution < -0.4 is 16.2 Å². The van der Waals surface area contributed by atoms with Crippen LogP contribution in [0.4, 0.5) is 0 Å². The molecule has 0 unspecified atom stereocenters. The van der Waals surface area contributed by atoms with Gasteiger partial charge in [-0.15, -0.1) is 5.10 Å². The van der Waals surface area contributed by atoms with Crippen LogP contribution in [0.15, 0.2) is 34.5 Å². The maximum Gasteiger partial charge on any atom is 0.344 e. The number of esters is 1. The standard InChI is InChI=1S/C13H18N4O3/c1-9(2)20-12(18)8-19-11-5-3-10(4-6-11)7-16-17-13(14)15/h3-7,9H,8H2,1-2H3,(H4,14,15,17). The van der Waals surface area contributed by atoms with Gasteiger partial charge in [0.1, 0.15) is 5.75 Å². The molecule has 0 bridgehead atoms. The molecule has 1 aromatic rings. The lowest BCUT2D eigenvalue weighted by Gasteiger charge is -2.09. The van der Waals surface area contributed by atoms with E-state index in [1.54, 1.807) is 38.1 Å². The molecule has 20 heavy (non-hydrogen) atoms.